The van der Waals surface area contributed by atoms with E-state index in [0.717, 1.165) is 0 Å². The maximum Gasteiger partial charge on any atom is 0.353 e. The van der Waals surface area contributed by atoms with Gasteiger partial charge in [0.25, 0.3) is 0 Å². The Labute approximate surface area is 115 Å². The molecular weight excluding hydrogens is 264 g/mol. The molecule has 1 atom stereocenters. The highest BCUT2D eigenvalue weighted by Crippen LogP contribution is 2.30. The van der Waals surface area contributed by atoms with Gasteiger partial charge in [-0.25, -0.2) is 9.97 Å². The van der Waals surface area contributed by atoms with Crippen molar-refractivity contribution in [1.82, 2.24) is 14.9 Å². The fourth-order valence-electron chi connectivity index (χ4n) is 2.08. The molecule has 9 heteroatoms. The fourth-order valence-corrected chi connectivity index (χ4v) is 2.08. The molecule has 0 radical (unpaired) electrons. The highest BCUT2D eigenvalue weighted by molar-refractivity contribution is 5.87. The summed E-state index contributed by atoms with van der Waals surface area (Å²) in [6.07, 6.45) is 1.82. The Kier molecular flexibility index (Phi) is 3.97. The first-order chi connectivity index (χ1) is 9.54. The number of carbonyl (C=O) groups excluding carboxylic acids is 1. The first-order valence-electron chi connectivity index (χ1n) is 6.29. The molecule has 1 aromatic rings. The van der Waals surface area contributed by atoms with E-state index in [9.17, 15) is 14.9 Å². The second-order valence-corrected chi connectivity index (χ2v) is 4.45. The minimum Gasteiger partial charge on any atom is -0.364 e. The molecule has 108 valence electrons. The van der Waals surface area contributed by atoms with Crippen molar-refractivity contribution in [2.45, 2.75) is 19.4 Å². The van der Waals surface area contributed by atoms with Crippen molar-refractivity contribution in [2.24, 2.45) is 0 Å². The summed E-state index contributed by atoms with van der Waals surface area (Å²) < 4.78 is 0. The highest BCUT2D eigenvalue weighted by Gasteiger charge is 2.32. The molecule has 1 aliphatic heterocycles. The van der Waals surface area contributed by atoms with E-state index in [1.54, 1.807) is 11.9 Å². The Balaban J connectivity index is 2.29. The number of hydrogen-bond donors (Lipinski definition) is 2. The Morgan fingerprint density at radius 1 is 1.50 bits per heavy atom. The number of likely N-dealkylation sites (tertiary alicyclic amines) is 1. The summed E-state index contributed by atoms with van der Waals surface area (Å²) in [5.41, 5.74) is -0.239. The molecule has 9 nitrogen and oxygen atoms in total. The van der Waals surface area contributed by atoms with Gasteiger partial charge in [-0.1, -0.05) is 0 Å². The molecule has 1 amide bonds. The van der Waals surface area contributed by atoms with E-state index in [-0.39, 0.29) is 23.2 Å². The summed E-state index contributed by atoms with van der Waals surface area (Å²) in [5, 5.41) is 16.8. The lowest BCUT2D eigenvalue weighted by Gasteiger charge is -2.13. The van der Waals surface area contributed by atoms with E-state index < -0.39 is 11.0 Å². The quantitative estimate of drug-likeness (QED) is 0.595. The van der Waals surface area contributed by atoms with E-state index in [4.69, 9.17) is 0 Å². The summed E-state index contributed by atoms with van der Waals surface area (Å²) in [4.78, 5) is 31.8. The number of amides is 1. The van der Waals surface area contributed by atoms with Crippen LogP contribution in [0.5, 0.6) is 0 Å². The molecule has 2 heterocycles. The average Bonchev–Trinajstić information content (AvgIpc) is 2.71. The van der Waals surface area contributed by atoms with E-state index in [1.165, 1.54) is 6.33 Å². The lowest BCUT2D eigenvalue weighted by molar-refractivity contribution is -0.383. The molecule has 1 aromatic heterocycles. The monoisotopic (exact) mass is 280 g/mol. The van der Waals surface area contributed by atoms with Gasteiger partial charge in [-0.05, 0) is 13.3 Å². The molecule has 1 saturated heterocycles. The molecule has 1 aliphatic rings. The predicted octanol–water partition coefficient (Wildman–Crippen LogP) is 0.459. The number of aromatic nitrogens is 2. The standard InChI is InChI=1S/C11H16N6O3/c1-3-12-9-8(17(19)20)10(14-6-13-9)15-7-4-5-16(2)11(7)18/h6-7H,3-5H2,1-2H3,(H2,12,13,14,15). The zero-order valence-electron chi connectivity index (χ0n) is 11.3. The number of likely N-dealkylation sites (N-methyl/N-ethyl adjacent to an activating group) is 1. The van der Waals surface area contributed by atoms with Crippen LogP contribution in [0.25, 0.3) is 0 Å². The SMILES string of the molecule is CCNc1ncnc(NC2CCN(C)C2=O)c1[N+](=O)[O-]. The fraction of sp³-hybridized carbons (Fsp3) is 0.545. The second-order valence-electron chi connectivity index (χ2n) is 4.45. The van der Waals surface area contributed by atoms with Crippen molar-refractivity contribution in [1.29, 1.82) is 0 Å². The van der Waals surface area contributed by atoms with Gasteiger partial charge < -0.3 is 15.5 Å². The maximum atomic E-state index is 11.8. The van der Waals surface area contributed by atoms with Gasteiger partial charge in [0.05, 0.1) is 4.92 Å². The molecule has 1 fully saturated rings. The van der Waals surface area contributed by atoms with Gasteiger partial charge in [0.2, 0.25) is 17.5 Å². The average molecular weight is 280 g/mol. The van der Waals surface area contributed by atoms with Crippen molar-refractivity contribution in [3.63, 3.8) is 0 Å². The second kappa shape index (κ2) is 5.68. The number of nitrogens with zero attached hydrogens (tertiary/aromatic N) is 4. The maximum absolute atomic E-state index is 11.8. The topological polar surface area (TPSA) is 113 Å². The number of rotatable bonds is 5. The summed E-state index contributed by atoms with van der Waals surface area (Å²) in [7, 11) is 1.70. The number of nitrogens with one attached hydrogen (secondary N) is 2. The van der Waals surface area contributed by atoms with Gasteiger partial charge in [0.1, 0.15) is 12.4 Å². The van der Waals surface area contributed by atoms with Crippen LogP contribution in [0.15, 0.2) is 6.33 Å². The largest absolute Gasteiger partial charge is 0.364 e. The summed E-state index contributed by atoms with van der Waals surface area (Å²) >= 11 is 0. The molecular formula is C11H16N6O3. The van der Waals surface area contributed by atoms with Crippen LogP contribution in [0.3, 0.4) is 0 Å². The minimum atomic E-state index is -0.552. The molecule has 2 rings (SSSR count). The molecule has 0 saturated carbocycles. The number of hydrogen-bond acceptors (Lipinski definition) is 7. The summed E-state index contributed by atoms with van der Waals surface area (Å²) in [6, 6.07) is -0.483. The third kappa shape index (κ3) is 2.60. The van der Waals surface area contributed by atoms with E-state index in [0.29, 0.717) is 19.5 Å². The molecule has 0 spiro atoms. The summed E-state index contributed by atoms with van der Waals surface area (Å²) in [6.45, 7) is 2.94. The Bertz CT molecular complexity index is 535. The van der Waals surface area contributed by atoms with Crippen LogP contribution in [-0.2, 0) is 4.79 Å². The number of nitro groups is 1. The Morgan fingerprint density at radius 2 is 2.20 bits per heavy atom. The van der Waals surface area contributed by atoms with Crippen molar-refractivity contribution >= 4 is 23.2 Å². The van der Waals surface area contributed by atoms with Gasteiger partial charge in [-0.3, -0.25) is 14.9 Å². The zero-order valence-corrected chi connectivity index (χ0v) is 11.3. The normalized spacial score (nSPS) is 18.2. The van der Waals surface area contributed by atoms with Crippen LogP contribution in [0, 0.1) is 10.1 Å². The Hall–Kier alpha value is -2.45. The molecule has 2 N–H and O–H groups in total. The zero-order chi connectivity index (χ0) is 14.7. The van der Waals surface area contributed by atoms with Crippen molar-refractivity contribution in [3.05, 3.63) is 16.4 Å². The molecule has 20 heavy (non-hydrogen) atoms. The predicted molar refractivity (Wildman–Crippen MR) is 72.5 cm³/mol. The lowest BCUT2D eigenvalue weighted by Crippen LogP contribution is -2.31. The van der Waals surface area contributed by atoms with Gasteiger partial charge in [-0.15, -0.1) is 0 Å². The van der Waals surface area contributed by atoms with Crippen molar-refractivity contribution < 1.29 is 9.72 Å². The highest BCUT2D eigenvalue weighted by atomic mass is 16.6. The van der Waals surface area contributed by atoms with E-state index in [2.05, 4.69) is 20.6 Å². The number of anilines is 2. The molecule has 1 unspecified atom stereocenters. The third-order valence-electron chi connectivity index (χ3n) is 3.09. The first-order valence-corrected chi connectivity index (χ1v) is 6.29. The smallest absolute Gasteiger partial charge is 0.353 e. The van der Waals surface area contributed by atoms with Gasteiger partial charge >= 0.3 is 5.69 Å². The summed E-state index contributed by atoms with van der Waals surface area (Å²) in [5.74, 6) is 0.117. The molecule has 0 aliphatic carbocycles. The van der Waals surface area contributed by atoms with Crippen LogP contribution in [0.4, 0.5) is 17.3 Å². The van der Waals surface area contributed by atoms with Crippen LogP contribution in [0.2, 0.25) is 0 Å². The van der Waals surface area contributed by atoms with Gasteiger partial charge in [0, 0.05) is 20.1 Å². The van der Waals surface area contributed by atoms with Crippen LogP contribution in [-0.4, -0.2) is 51.9 Å². The Morgan fingerprint density at radius 3 is 2.75 bits per heavy atom. The lowest BCUT2D eigenvalue weighted by atomic mass is 10.2. The van der Waals surface area contributed by atoms with Gasteiger partial charge in [-0.2, -0.15) is 0 Å². The van der Waals surface area contributed by atoms with Crippen molar-refractivity contribution in [3.8, 4) is 0 Å². The van der Waals surface area contributed by atoms with E-state index in [1.807, 2.05) is 6.92 Å². The van der Waals surface area contributed by atoms with Crippen LogP contribution >= 0.6 is 0 Å². The van der Waals surface area contributed by atoms with E-state index >= 15 is 0 Å². The third-order valence-corrected chi connectivity index (χ3v) is 3.09. The van der Waals surface area contributed by atoms with Crippen molar-refractivity contribution in [2.75, 3.05) is 30.8 Å². The minimum absolute atomic E-state index is 0.0644. The first kappa shape index (κ1) is 14.0. The number of carbonyl (C=O) groups is 1. The van der Waals surface area contributed by atoms with Gasteiger partial charge in [0.15, 0.2) is 0 Å². The van der Waals surface area contributed by atoms with Crippen LogP contribution in [0.1, 0.15) is 13.3 Å². The van der Waals surface area contributed by atoms with Crippen LogP contribution < -0.4 is 10.6 Å². The molecule has 0 aromatic carbocycles. The molecule has 0 bridgehead atoms.